The number of aryl methyl sites for hydroxylation is 1. The number of hydrogen-bond donors (Lipinski definition) is 0. The summed E-state index contributed by atoms with van der Waals surface area (Å²) in [6.07, 6.45) is 1.45. The van der Waals surface area contributed by atoms with Gasteiger partial charge in [0.25, 0.3) is 0 Å². The van der Waals surface area contributed by atoms with Gasteiger partial charge in [0.15, 0.2) is 12.4 Å². The highest BCUT2D eigenvalue weighted by atomic mass is 16.6. The van der Waals surface area contributed by atoms with E-state index in [9.17, 15) is 19.2 Å². The number of benzene rings is 2. The van der Waals surface area contributed by atoms with E-state index in [4.69, 9.17) is 14.2 Å². The monoisotopic (exact) mass is 434 g/mol. The van der Waals surface area contributed by atoms with Crippen LogP contribution in [-0.2, 0) is 19.1 Å². The largest absolute Gasteiger partial charge is 0.462 e. The van der Waals surface area contributed by atoms with Crippen molar-refractivity contribution in [2.75, 3.05) is 6.61 Å². The third-order valence-corrected chi connectivity index (χ3v) is 6.78. The highest BCUT2D eigenvalue weighted by Crippen LogP contribution is 2.57. The number of ketones is 1. The van der Waals surface area contributed by atoms with Crippen LogP contribution in [0.4, 0.5) is 0 Å². The molecule has 0 N–H and O–H groups in total. The van der Waals surface area contributed by atoms with Gasteiger partial charge in [0.2, 0.25) is 0 Å². The Bertz CT molecular complexity index is 1080. The number of ether oxygens (including phenoxy) is 3. The Labute approximate surface area is 184 Å². The van der Waals surface area contributed by atoms with Crippen molar-refractivity contribution in [3.05, 3.63) is 65.2 Å². The minimum Gasteiger partial charge on any atom is -0.462 e. The molecule has 5 rings (SSSR count). The summed E-state index contributed by atoms with van der Waals surface area (Å²) < 4.78 is 15.9. The van der Waals surface area contributed by atoms with Crippen LogP contribution in [-0.4, -0.2) is 36.4 Å². The van der Waals surface area contributed by atoms with E-state index in [2.05, 4.69) is 0 Å². The molecule has 2 saturated carbocycles. The van der Waals surface area contributed by atoms with Crippen molar-refractivity contribution in [1.29, 1.82) is 0 Å². The van der Waals surface area contributed by atoms with Crippen LogP contribution in [0.15, 0.2) is 48.5 Å². The SMILES string of the molecule is Cc1ccc(C(=O)Oc2ccc(C(=O)COC(=O)[C@@H]3[C@@H]4C[C@@H]5[C@@H]3C(=O)O[C@@H]5C4)cc2)cc1. The lowest BCUT2D eigenvalue weighted by Crippen LogP contribution is -2.34. The number of fused-ring (bicyclic) bond motifs is 1. The van der Waals surface area contributed by atoms with Crippen LogP contribution in [0.3, 0.4) is 0 Å². The molecule has 0 radical (unpaired) electrons. The maximum atomic E-state index is 12.6. The van der Waals surface area contributed by atoms with E-state index in [0.717, 1.165) is 12.0 Å². The zero-order chi connectivity index (χ0) is 22.4. The van der Waals surface area contributed by atoms with Gasteiger partial charge >= 0.3 is 17.9 Å². The Balaban J connectivity index is 1.16. The lowest BCUT2D eigenvalue weighted by molar-refractivity contribution is -0.154. The second-order valence-corrected chi connectivity index (χ2v) is 8.73. The quantitative estimate of drug-likeness (QED) is 0.391. The van der Waals surface area contributed by atoms with Crippen molar-refractivity contribution in [3.8, 4) is 5.75 Å². The number of rotatable bonds is 6. The molecule has 3 fully saturated rings. The van der Waals surface area contributed by atoms with Gasteiger partial charge in [-0.05, 0) is 62.1 Å². The predicted molar refractivity (Wildman–Crippen MR) is 111 cm³/mol. The van der Waals surface area contributed by atoms with Gasteiger partial charge in [-0.3, -0.25) is 14.4 Å². The molecular formula is C25H22O7. The first-order valence-corrected chi connectivity index (χ1v) is 10.7. The molecule has 0 amide bonds. The van der Waals surface area contributed by atoms with Gasteiger partial charge in [-0.15, -0.1) is 0 Å². The first kappa shape index (κ1) is 20.4. The lowest BCUT2D eigenvalue weighted by Gasteiger charge is -2.22. The maximum Gasteiger partial charge on any atom is 0.343 e. The van der Waals surface area contributed by atoms with E-state index in [1.165, 1.54) is 24.3 Å². The zero-order valence-corrected chi connectivity index (χ0v) is 17.5. The van der Waals surface area contributed by atoms with Gasteiger partial charge in [-0.1, -0.05) is 17.7 Å². The Morgan fingerprint density at radius 3 is 2.38 bits per heavy atom. The summed E-state index contributed by atoms with van der Waals surface area (Å²) in [5.41, 5.74) is 1.81. The van der Waals surface area contributed by atoms with E-state index in [-0.39, 0.29) is 29.7 Å². The molecule has 7 heteroatoms. The van der Waals surface area contributed by atoms with E-state index >= 15 is 0 Å². The molecule has 2 aromatic rings. The fraction of sp³-hybridized carbons (Fsp3) is 0.360. The van der Waals surface area contributed by atoms with Gasteiger partial charge in [0.05, 0.1) is 17.4 Å². The summed E-state index contributed by atoms with van der Waals surface area (Å²) in [6, 6.07) is 13.1. The van der Waals surface area contributed by atoms with Crippen LogP contribution >= 0.6 is 0 Å². The first-order chi connectivity index (χ1) is 15.4. The lowest BCUT2D eigenvalue weighted by atomic mass is 9.80. The Kier molecular flexibility index (Phi) is 5.04. The third-order valence-electron chi connectivity index (χ3n) is 6.78. The highest BCUT2D eigenvalue weighted by Gasteiger charge is 2.64. The Morgan fingerprint density at radius 2 is 1.66 bits per heavy atom. The fourth-order valence-corrected chi connectivity index (χ4v) is 5.21. The molecule has 3 aliphatic rings. The maximum absolute atomic E-state index is 12.6. The van der Waals surface area contributed by atoms with E-state index in [1.54, 1.807) is 12.1 Å². The van der Waals surface area contributed by atoms with Crippen LogP contribution in [0.1, 0.15) is 39.1 Å². The van der Waals surface area contributed by atoms with E-state index < -0.39 is 30.4 Å². The van der Waals surface area contributed by atoms with Crippen molar-refractivity contribution in [3.63, 3.8) is 0 Å². The van der Waals surface area contributed by atoms with Gasteiger partial charge in [0.1, 0.15) is 11.9 Å². The predicted octanol–water partition coefficient (Wildman–Crippen LogP) is 3.14. The number of hydrogen-bond acceptors (Lipinski definition) is 7. The molecule has 0 aromatic heterocycles. The molecule has 1 heterocycles. The molecule has 2 bridgehead atoms. The van der Waals surface area contributed by atoms with Crippen molar-refractivity contribution in [2.45, 2.75) is 25.9 Å². The second-order valence-electron chi connectivity index (χ2n) is 8.73. The molecule has 2 aromatic carbocycles. The van der Waals surface area contributed by atoms with Crippen molar-refractivity contribution >= 4 is 23.7 Å². The van der Waals surface area contributed by atoms with E-state index in [0.29, 0.717) is 23.3 Å². The Morgan fingerprint density at radius 1 is 0.969 bits per heavy atom. The van der Waals surface area contributed by atoms with Crippen molar-refractivity contribution in [2.24, 2.45) is 23.7 Å². The average molecular weight is 434 g/mol. The molecule has 0 unspecified atom stereocenters. The second kappa shape index (κ2) is 7.89. The summed E-state index contributed by atoms with van der Waals surface area (Å²) in [4.78, 5) is 49.3. The summed E-state index contributed by atoms with van der Waals surface area (Å²) in [7, 11) is 0. The van der Waals surface area contributed by atoms with Crippen molar-refractivity contribution < 1.29 is 33.4 Å². The first-order valence-electron chi connectivity index (χ1n) is 10.7. The summed E-state index contributed by atoms with van der Waals surface area (Å²) >= 11 is 0. The van der Waals surface area contributed by atoms with Crippen molar-refractivity contribution in [1.82, 2.24) is 0 Å². The third kappa shape index (κ3) is 3.57. The summed E-state index contributed by atoms with van der Waals surface area (Å²) in [6.45, 7) is 1.53. The summed E-state index contributed by atoms with van der Waals surface area (Å²) in [5, 5.41) is 0. The fourth-order valence-electron chi connectivity index (χ4n) is 5.21. The summed E-state index contributed by atoms with van der Waals surface area (Å²) in [5.74, 6) is -2.11. The van der Waals surface area contributed by atoms with Crippen LogP contribution in [0.25, 0.3) is 0 Å². The van der Waals surface area contributed by atoms with Crippen LogP contribution in [0, 0.1) is 30.6 Å². The van der Waals surface area contributed by atoms with Gasteiger partial charge in [-0.25, -0.2) is 4.79 Å². The molecule has 0 spiro atoms. The minimum absolute atomic E-state index is 0.0539. The topological polar surface area (TPSA) is 96.0 Å². The van der Waals surface area contributed by atoms with Gasteiger partial charge in [0, 0.05) is 11.5 Å². The Hall–Kier alpha value is -3.48. The minimum atomic E-state index is -0.511. The van der Waals surface area contributed by atoms with Gasteiger partial charge < -0.3 is 14.2 Å². The molecule has 1 aliphatic heterocycles. The molecule has 32 heavy (non-hydrogen) atoms. The molecule has 1 saturated heterocycles. The standard InChI is InChI=1S/C25H22O7/c1-13-2-4-15(5-3-13)23(27)31-17-8-6-14(7-9-17)19(26)12-30-24(28)21-16-10-18-20(11-16)32-25(29)22(18)21/h2-9,16,18,20-22H,10-12H2,1H3/t16-,18+,20-,21-,22+/m1/s1. The highest BCUT2D eigenvalue weighted by molar-refractivity contribution is 5.98. The molecule has 2 aliphatic carbocycles. The number of Topliss-reactive ketones (excluding diaryl/α,β-unsaturated/α-hetero) is 1. The zero-order valence-electron chi connectivity index (χ0n) is 17.5. The molecular weight excluding hydrogens is 412 g/mol. The van der Waals surface area contributed by atoms with Crippen LogP contribution < -0.4 is 4.74 Å². The average Bonchev–Trinajstić information content (AvgIpc) is 3.41. The van der Waals surface area contributed by atoms with Crippen LogP contribution in [0.5, 0.6) is 5.75 Å². The number of carbonyl (C=O) groups excluding carboxylic acids is 4. The number of esters is 3. The van der Waals surface area contributed by atoms with E-state index in [1.807, 2.05) is 19.1 Å². The number of carbonyl (C=O) groups is 4. The molecule has 164 valence electrons. The smallest absolute Gasteiger partial charge is 0.343 e. The normalized spacial score (nSPS) is 27.2. The van der Waals surface area contributed by atoms with Gasteiger partial charge in [-0.2, -0.15) is 0 Å². The molecule has 5 atom stereocenters. The molecule has 7 nitrogen and oxygen atoms in total. The van der Waals surface area contributed by atoms with Crippen LogP contribution in [0.2, 0.25) is 0 Å².